The van der Waals surface area contributed by atoms with Gasteiger partial charge < -0.3 is 4.90 Å². The number of halogens is 4. The summed E-state index contributed by atoms with van der Waals surface area (Å²) in [6, 6.07) is 16.2. The molecule has 7 heteroatoms. The van der Waals surface area contributed by atoms with Gasteiger partial charge in [0.05, 0.1) is 11.8 Å². The van der Waals surface area contributed by atoms with Crippen LogP contribution >= 0.6 is 48.0 Å². The first-order valence-corrected chi connectivity index (χ1v) is 9.50. The molecule has 2 aromatic rings. The lowest BCUT2D eigenvalue weighted by Gasteiger charge is -2.34. The van der Waals surface area contributed by atoms with E-state index in [0.717, 1.165) is 40.0 Å². The van der Waals surface area contributed by atoms with Crippen LogP contribution in [0.4, 0.5) is 0 Å². The Hall–Kier alpha value is -1.23. The fourth-order valence-electron chi connectivity index (χ4n) is 4.01. The number of piperidine rings is 1. The van der Waals surface area contributed by atoms with Gasteiger partial charge in [0.2, 0.25) is 0 Å². The van der Waals surface area contributed by atoms with Crippen LogP contribution in [-0.2, 0) is 0 Å². The average Bonchev–Trinajstić information content (AvgIpc) is 2.93. The van der Waals surface area contributed by atoms with Gasteiger partial charge in [-0.05, 0) is 42.0 Å². The van der Waals surface area contributed by atoms with Crippen molar-refractivity contribution in [2.45, 2.75) is 6.04 Å². The third-order valence-corrected chi connectivity index (χ3v) is 5.83. The highest BCUT2D eigenvalue weighted by atomic mass is 35.5. The maximum Gasteiger partial charge on any atom is 0.0827 e. The largest absolute Gasteiger partial charge is 0.301 e. The minimum Gasteiger partial charge on any atom is -0.301 e. The molecule has 2 unspecified atom stereocenters. The Morgan fingerprint density at radius 2 is 1.61 bits per heavy atom. The molecular weight excluding hydrogens is 436 g/mol. The van der Waals surface area contributed by atoms with Crippen LogP contribution in [-0.4, -0.2) is 42.8 Å². The predicted octanol–water partition coefficient (Wildman–Crippen LogP) is 5.82. The topological polar surface area (TPSA) is 18.8 Å². The maximum absolute atomic E-state index is 6.50. The van der Waals surface area contributed by atoms with E-state index in [4.69, 9.17) is 28.3 Å². The number of benzene rings is 2. The molecule has 3 nitrogen and oxygen atoms in total. The smallest absolute Gasteiger partial charge is 0.0827 e. The Morgan fingerprint density at radius 3 is 2.29 bits per heavy atom. The van der Waals surface area contributed by atoms with Gasteiger partial charge in [-0.3, -0.25) is 5.01 Å². The van der Waals surface area contributed by atoms with E-state index in [1.807, 2.05) is 49.5 Å². The zero-order valence-corrected chi connectivity index (χ0v) is 18.8. The van der Waals surface area contributed by atoms with E-state index in [1.165, 1.54) is 5.57 Å². The Labute approximate surface area is 188 Å². The number of hydrazone groups is 1. The highest BCUT2D eigenvalue weighted by molar-refractivity contribution is 6.32. The lowest BCUT2D eigenvalue weighted by molar-refractivity contribution is 0.211. The summed E-state index contributed by atoms with van der Waals surface area (Å²) < 4.78 is 0. The van der Waals surface area contributed by atoms with E-state index in [2.05, 4.69) is 29.1 Å². The molecular formula is C21H23Cl4N3. The molecule has 150 valence electrons. The normalized spacial score (nSPS) is 22.9. The highest BCUT2D eigenvalue weighted by Crippen LogP contribution is 2.41. The molecule has 2 atom stereocenters. The van der Waals surface area contributed by atoms with Crippen LogP contribution < -0.4 is 0 Å². The SMILES string of the molecule is CN1C/C(=C\c2ccccc2Cl)C2=NN(C)C(c3ccccc3Cl)C2C1.Cl.Cl. The molecule has 0 radical (unpaired) electrons. The van der Waals surface area contributed by atoms with Crippen molar-refractivity contribution < 1.29 is 0 Å². The van der Waals surface area contributed by atoms with Gasteiger partial charge in [0.15, 0.2) is 0 Å². The van der Waals surface area contributed by atoms with Crippen molar-refractivity contribution >= 4 is 59.8 Å². The molecule has 0 N–H and O–H groups in total. The van der Waals surface area contributed by atoms with E-state index in [9.17, 15) is 0 Å². The molecule has 28 heavy (non-hydrogen) atoms. The molecule has 1 saturated heterocycles. The molecule has 0 aliphatic carbocycles. The second-order valence-corrected chi connectivity index (χ2v) is 7.83. The van der Waals surface area contributed by atoms with Gasteiger partial charge in [-0.2, -0.15) is 5.10 Å². The van der Waals surface area contributed by atoms with Crippen molar-refractivity contribution in [2.75, 3.05) is 27.2 Å². The molecule has 0 spiro atoms. The van der Waals surface area contributed by atoms with Gasteiger partial charge in [-0.15, -0.1) is 24.8 Å². The molecule has 1 fully saturated rings. The number of likely N-dealkylation sites (N-methyl/N-ethyl adjacent to an activating group) is 1. The predicted molar refractivity (Wildman–Crippen MR) is 124 cm³/mol. The number of nitrogens with zero attached hydrogens (tertiary/aromatic N) is 3. The molecule has 4 rings (SSSR count). The molecule has 2 heterocycles. The van der Waals surface area contributed by atoms with Crippen molar-refractivity contribution in [1.82, 2.24) is 9.91 Å². The van der Waals surface area contributed by atoms with Gasteiger partial charge in [0.1, 0.15) is 0 Å². The number of likely N-dealkylation sites (tertiary alicyclic amines) is 1. The van der Waals surface area contributed by atoms with Crippen LogP contribution in [0.15, 0.2) is 59.2 Å². The van der Waals surface area contributed by atoms with Crippen LogP contribution in [0.1, 0.15) is 17.2 Å². The third-order valence-electron chi connectivity index (χ3n) is 5.14. The molecule has 2 aliphatic rings. The van der Waals surface area contributed by atoms with Crippen LogP contribution in [0.3, 0.4) is 0 Å². The number of hydrogen-bond acceptors (Lipinski definition) is 3. The molecule has 2 aliphatic heterocycles. The quantitative estimate of drug-likeness (QED) is 0.564. The van der Waals surface area contributed by atoms with Crippen molar-refractivity contribution in [2.24, 2.45) is 11.0 Å². The summed E-state index contributed by atoms with van der Waals surface area (Å²) >= 11 is 12.9. The van der Waals surface area contributed by atoms with Crippen molar-refractivity contribution in [3.05, 3.63) is 75.3 Å². The summed E-state index contributed by atoms with van der Waals surface area (Å²) in [7, 11) is 4.19. The monoisotopic (exact) mass is 457 g/mol. The average molecular weight is 459 g/mol. The minimum atomic E-state index is 0. The van der Waals surface area contributed by atoms with Crippen molar-refractivity contribution in [3.8, 4) is 0 Å². The maximum atomic E-state index is 6.50. The first kappa shape index (κ1) is 23.1. The minimum absolute atomic E-state index is 0. The van der Waals surface area contributed by atoms with Crippen LogP contribution in [0.5, 0.6) is 0 Å². The van der Waals surface area contributed by atoms with E-state index in [0.29, 0.717) is 0 Å². The highest BCUT2D eigenvalue weighted by Gasteiger charge is 2.42. The Balaban J connectivity index is 0.00000140. The number of hydrogen-bond donors (Lipinski definition) is 0. The Morgan fingerprint density at radius 1 is 0.964 bits per heavy atom. The summed E-state index contributed by atoms with van der Waals surface area (Å²) in [4.78, 5) is 2.34. The van der Waals surface area contributed by atoms with Crippen LogP contribution in [0.2, 0.25) is 10.0 Å². The second kappa shape index (κ2) is 9.51. The molecule has 0 saturated carbocycles. The lowest BCUT2D eigenvalue weighted by Crippen LogP contribution is -2.41. The first-order chi connectivity index (χ1) is 12.5. The second-order valence-electron chi connectivity index (χ2n) is 7.02. The zero-order valence-electron chi connectivity index (χ0n) is 15.7. The summed E-state index contributed by atoms with van der Waals surface area (Å²) in [6.07, 6.45) is 2.17. The van der Waals surface area contributed by atoms with Crippen LogP contribution in [0, 0.1) is 5.92 Å². The third kappa shape index (κ3) is 4.34. The van der Waals surface area contributed by atoms with Gasteiger partial charge in [0.25, 0.3) is 0 Å². The molecule has 0 aromatic heterocycles. The molecule has 0 bridgehead atoms. The van der Waals surface area contributed by atoms with E-state index >= 15 is 0 Å². The van der Waals surface area contributed by atoms with Gasteiger partial charge in [0, 0.05) is 36.1 Å². The molecule has 2 aromatic carbocycles. The van der Waals surface area contributed by atoms with Gasteiger partial charge in [-0.25, -0.2) is 0 Å². The van der Waals surface area contributed by atoms with E-state index in [-0.39, 0.29) is 36.8 Å². The summed E-state index contributed by atoms with van der Waals surface area (Å²) in [5.41, 5.74) is 4.53. The van der Waals surface area contributed by atoms with E-state index in [1.54, 1.807) is 0 Å². The Bertz CT molecular complexity index is 897. The Kier molecular flexibility index (Phi) is 7.83. The number of fused-ring (bicyclic) bond motifs is 1. The van der Waals surface area contributed by atoms with Gasteiger partial charge >= 0.3 is 0 Å². The summed E-state index contributed by atoms with van der Waals surface area (Å²) in [6.45, 7) is 1.82. The van der Waals surface area contributed by atoms with Crippen molar-refractivity contribution in [3.63, 3.8) is 0 Å². The summed E-state index contributed by atoms with van der Waals surface area (Å²) in [5, 5.41) is 8.52. The fourth-order valence-corrected chi connectivity index (χ4v) is 4.45. The summed E-state index contributed by atoms with van der Waals surface area (Å²) in [5.74, 6) is 0.285. The van der Waals surface area contributed by atoms with Crippen LogP contribution in [0.25, 0.3) is 6.08 Å². The standard InChI is InChI=1S/C21H21Cl2N3.2ClH/c1-25-12-15(11-14-7-3-5-9-18(14)22)20-17(13-25)21(26(2)24-20)16-8-4-6-10-19(16)23;;/h3-11,17,21H,12-13H2,1-2H3;2*1H/b15-11+;;. The zero-order chi connectivity index (χ0) is 18.3. The number of rotatable bonds is 2. The first-order valence-electron chi connectivity index (χ1n) is 8.74. The fraction of sp³-hybridized carbons (Fsp3) is 0.286. The van der Waals surface area contributed by atoms with E-state index < -0.39 is 0 Å². The lowest BCUT2D eigenvalue weighted by atomic mass is 9.83. The van der Waals surface area contributed by atoms with Gasteiger partial charge in [-0.1, -0.05) is 59.6 Å². The van der Waals surface area contributed by atoms with Crippen molar-refractivity contribution in [1.29, 1.82) is 0 Å². The molecule has 0 amide bonds.